The lowest BCUT2D eigenvalue weighted by Crippen LogP contribution is -2.25. The van der Waals surface area contributed by atoms with Gasteiger partial charge in [0.1, 0.15) is 0 Å². The first-order chi connectivity index (χ1) is 15.7. The molecule has 0 unspecified atom stereocenters. The minimum atomic E-state index is 0.0250. The number of hydrogen-bond donors (Lipinski definition) is 1. The largest absolute Gasteiger partial charge is 0.328 e. The number of imidazole rings is 1. The maximum Gasteiger partial charge on any atom is 0.328 e. The summed E-state index contributed by atoms with van der Waals surface area (Å²) in [5, 5.41) is 14.4. The van der Waals surface area contributed by atoms with E-state index in [9.17, 15) is 4.79 Å². The van der Waals surface area contributed by atoms with E-state index in [-0.39, 0.29) is 5.69 Å². The highest BCUT2D eigenvalue weighted by Gasteiger charge is 2.13. The van der Waals surface area contributed by atoms with Gasteiger partial charge in [-0.3, -0.25) is 9.13 Å². The Bertz CT molecular complexity index is 1260. The first kappa shape index (κ1) is 21.3. The van der Waals surface area contributed by atoms with Gasteiger partial charge in [0, 0.05) is 36.8 Å². The van der Waals surface area contributed by atoms with E-state index in [0.29, 0.717) is 25.2 Å². The van der Waals surface area contributed by atoms with E-state index >= 15 is 0 Å². The third-order valence-electron chi connectivity index (χ3n) is 5.53. The third-order valence-corrected chi connectivity index (χ3v) is 5.53. The Balaban J connectivity index is 1.61. The van der Waals surface area contributed by atoms with Crippen molar-refractivity contribution >= 4 is 0 Å². The van der Waals surface area contributed by atoms with E-state index in [0.717, 1.165) is 47.3 Å². The number of unbranched alkanes of at least 4 members (excludes halogenated alkanes) is 1. The van der Waals surface area contributed by atoms with Crippen LogP contribution in [0.5, 0.6) is 0 Å². The molecule has 7 heteroatoms. The number of benzene rings is 2. The molecule has 162 valence electrons. The van der Waals surface area contributed by atoms with Crippen LogP contribution >= 0.6 is 0 Å². The summed E-state index contributed by atoms with van der Waals surface area (Å²) in [7, 11) is 0. The number of H-pyrrole nitrogens is 1. The van der Waals surface area contributed by atoms with Gasteiger partial charge in [0.2, 0.25) is 5.82 Å². The molecule has 2 aromatic carbocycles. The molecule has 0 aliphatic rings. The van der Waals surface area contributed by atoms with Crippen LogP contribution in [0.1, 0.15) is 37.4 Å². The molecule has 1 N–H and O–H groups in total. The number of tetrazole rings is 1. The summed E-state index contributed by atoms with van der Waals surface area (Å²) in [4.78, 5) is 13.0. The Morgan fingerprint density at radius 1 is 1.09 bits per heavy atom. The minimum absolute atomic E-state index is 0.0250. The Kier molecular flexibility index (Phi) is 6.61. The van der Waals surface area contributed by atoms with Gasteiger partial charge in [-0.15, -0.1) is 22.5 Å². The maximum atomic E-state index is 13.0. The van der Waals surface area contributed by atoms with Gasteiger partial charge in [-0.2, -0.15) is 5.21 Å². The van der Waals surface area contributed by atoms with Crippen molar-refractivity contribution < 1.29 is 0 Å². The van der Waals surface area contributed by atoms with Crippen molar-refractivity contribution in [1.29, 1.82) is 0 Å². The van der Waals surface area contributed by atoms with E-state index in [2.05, 4.69) is 57.7 Å². The molecule has 0 aliphatic carbocycles. The second-order valence-corrected chi connectivity index (χ2v) is 7.72. The highest BCUT2D eigenvalue weighted by atomic mass is 16.1. The van der Waals surface area contributed by atoms with Crippen LogP contribution in [-0.4, -0.2) is 29.8 Å². The predicted octanol–water partition coefficient (Wildman–Crippen LogP) is 3.91. The van der Waals surface area contributed by atoms with Gasteiger partial charge in [-0.1, -0.05) is 61.9 Å². The number of aromatic amines is 1. The Hall–Kier alpha value is -3.92. The highest BCUT2D eigenvalue weighted by Crippen LogP contribution is 2.29. The number of aromatic nitrogens is 6. The zero-order chi connectivity index (χ0) is 22.3. The average Bonchev–Trinajstić information content (AvgIpc) is 3.46. The molecule has 4 aromatic rings. The first-order valence-corrected chi connectivity index (χ1v) is 10.9. The predicted molar refractivity (Wildman–Crippen MR) is 125 cm³/mol. The van der Waals surface area contributed by atoms with Crippen molar-refractivity contribution in [1.82, 2.24) is 29.8 Å². The zero-order valence-corrected chi connectivity index (χ0v) is 18.2. The molecule has 0 spiro atoms. The SMILES string of the molecule is C#CCCc1cn(CCCC)c(=O)n1Cc1ccc(-c2ccccc2-c2nn[nH]n2)cc1. The lowest BCUT2D eigenvalue weighted by atomic mass is 9.98. The fraction of sp³-hybridized carbons (Fsp3) is 0.280. The molecule has 0 saturated heterocycles. The van der Waals surface area contributed by atoms with E-state index < -0.39 is 0 Å². The van der Waals surface area contributed by atoms with Gasteiger partial charge in [0.05, 0.1) is 6.54 Å². The van der Waals surface area contributed by atoms with Crippen LogP contribution in [0.3, 0.4) is 0 Å². The lowest BCUT2D eigenvalue weighted by molar-refractivity contribution is 0.592. The van der Waals surface area contributed by atoms with Crippen molar-refractivity contribution in [3.05, 3.63) is 76.5 Å². The molecule has 2 heterocycles. The van der Waals surface area contributed by atoms with Crippen molar-refractivity contribution in [2.45, 2.75) is 45.7 Å². The molecule has 4 rings (SSSR count). The summed E-state index contributed by atoms with van der Waals surface area (Å²) in [5.74, 6) is 3.24. The standard InChI is InChI=1S/C25H26N6O/c1-3-5-9-21-18-30(16-6-4-2)25(32)31(21)17-19-12-14-20(15-13-19)22-10-7-8-11-23(22)24-26-28-29-27-24/h1,7-8,10-15,18H,4-6,9,16-17H2,2H3,(H,26,27,28,29). The van der Waals surface area contributed by atoms with Gasteiger partial charge >= 0.3 is 5.69 Å². The van der Waals surface area contributed by atoms with Gasteiger partial charge < -0.3 is 0 Å². The number of nitrogens with one attached hydrogen (secondary N) is 1. The number of hydrogen-bond acceptors (Lipinski definition) is 4. The molecule has 2 aromatic heterocycles. The fourth-order valence-electron chi connectivity index (χ4n) is 3.82. The van der Waals surface area contributed by atoms with Crippen molar-refractivity contribution in [2.75, 3.05) is 0 Å². The summed E-state index contributed by atoms with van der Waals surface area (Å²) in [5.41, 5.74) is 5.05. The molecule has 0 aliphatic heterocycles. The molecule has 0 bridgehead atoms. The Morgan fingerprint density at radius 3 is 2.56 bits per heavy atom. The van der Waals surface area contributed by atoms with Crippen LogP contribution in [0.25, 0.3) is 22.5 Å². The molecule has 0 saturated carbocycles. The second kappa shape index (κ2) is 9.92. The van der Waals surface area contributed by atoms with Gasteiger partial charge in [0.25, 0.3) is 0 Å². The minimum Gasteiger partial charge on any atom is -0.299 e. The summed E-state index contributed by atoms with van der Waals surface area (Å²) in [6.45, 7) is 3.38. The molecule has 32 heavy (non-hydrogen) atoms. The molecular formula is C25H26N6O. The number of rotatable bonds is 9. The summed E-state index contributed by atoms with van der Waals surface area (Å²) >= 11 is 0. The smallest absolute Gasteiger partial charge is 0.299 e. The Labute approximate surface area is 187 Å². The van der Waals surface area contributed by atoms with Crippen molar-refractivity contribution in [2.24, 2.45) is 0 Å². The second-order valence-electron chi connectivity index (χ2n) is 7.72. The van der Waals surface area contributed by atoms with Crippen LogP contribution in [-0.2, 0) is 19.5 Å². The third kappa shape index (κ3) is 4.54. The van der Waals surface area contributed by atoms with E-state index in [4.69, 9.17) is 6.42 Å². The lowest BCUT2D eigenvalue weighted by Gasteiger charge is -2.10. The van der Waals surface area contributed by atoms with Gasteiger partial charge in [0.15, 0.2) is 0 Å². The number of terminal acetylenes is 1. The quantitative estimate of drug-likeness (QED) is 0.412. The normalized spacial score (nSPS) is 10.9. The molecule has 7 nitrogen and oxygen atoms in total. The van der Waals surface area contributed by atoms with Gasteiger partial charge in [-0.25, -0.2) is 4.79 Å². The highest BCUT2D eigenvalue weighted by molar-refractivity contribution is 5.80. The first-order valence-electron chi connectivity index (χ1n) is 10.9. The van der Waals surface area contributed by atoms with E-state index in [1.807, 2.05) is 39.6 Å². The number of aryl methyl sites for hydroxylation is 2. The molecule has 0 amide bonds. The number of nitrogens with zero attached hydrogens (tertiary/aromatic N) is 5. The Morgan fingerprint density at radius 2 is 1.88 bits per heavy atom. The molecule has 0 atom stereocenters. The average molecular weight is 427 g/mol. The van der Waals surface area contributed by atoms with Crippen LogP contribution in [0.2, 0.25) is 0 Å². The van der Waals surface area contributed by atoms with Crippen LogP contribution in [0.15, 0.2) is 59.5 Å². The van der Waals surface area contributed by atoms with E-state index in [1.165, 1.54) is 0 Å². The van der Waals surface area contributed by atoms with Crippen LogP contribution < -0.4 is 5.69 Å². The van der Waals surface area contributed by atoms with E-state index in [1.54, 1.807) is 0 Å². The fourth-order valence-corrected chi connectivity index (χ4v) is 3.82. The monoisotopic (exact) mass is 426 g/mol. The van der Waals surface area contributed by atoms with Crippen molar-refractivity contribution in [3.63, 3.8) is 0 Å². The summed E-state index contributed by atoms with van der Waals surface area (Å²) < 4.78 is 3.65. The summed E-state index contributed by atoms with van der Waals surface area (Å²) in [6, 6.07) is 16.2. The van der Waals surface area contributed by atoms with Crippen LogP contribution in [0, 0.1) is 12.3 Å². The van der Waals surface area contributed by atoms with Gasteiger partial charge in [-0.05, 0) is 28.3 Å². The zero-order valence-electron chi connectivity index (χ0n) is 18.2. The molecular weight excluding hydrogens is 400 g/mol. The molecule has 0 radical (unpaired) electrons. The van der Waals surface area contributed by atoms with Crippen molar-refractivity contribution in [3.8, 4) is 34.9 Å². The van der Waals surface area contributed by atoms with Crippen LogP contribution in [0.4, 0.5) is 0 Å². The molecule has 0 fully saturated rings. The maximum absolute atomic E-state index is 13.0. The summed E-state index contributed by atoms with van der Waals surface area (Å²) in [6.07, 6.45) is 10.8. The topological polar surface area (TPSA) is 81.4 Å².